The lowest BCUT2D eigenvalue weighted by atomic mass is 10.1. The molecule has 1 fully saturated rings. The summed E-state index contributed by atoms with van der Waals surface area (Å²) >= 11 is 0. The lowest BCUT2D eigenvalue weighted by Gasteiger charge is -2.10. The topological polar surface area (TPSA) is 65.8 Å². The molecule has 1 N–H and O–H groups in total. The molecule has 0 spiro atoms. The molecule has 1 aromatic heterocycles. The fourth-order valence-electron chi connectivity index (χ4n) is 1.98. The van der Waals surface area contributed by atoms with Gasteiger partial charge in [0.2, 0.25) is 5.91 Å². The number of nitriles is 1. The molecule has 0 bridgehead atoms. The van der Waals surface area contributed by atoms with Gasteiger partial charge in [0, 0.05) is 17.8 Å². The summed E-state index contributed by atoms with van der Waals surface area (Å²) in [4.78, 5) is 16.1. The van der Waals surface area contributed by atoms with Crippen molar-refractivity contribution in [3.05, 3.63) is 36.7 Å². The minimum absolute atomic E-state index is 0.207. The highest BCUT2D eigenvalue weighted by atomic mass is 16.2. The number of hydrogen-bond donors (Lipinski definition) is 1. The van der Waals surface area contributed by atoms with E-state index in [2.05, 4.69) is 16.4 Å². The molecule has 0 atom stereocenters. The number of carbonyl (C=O) groups excluding carboxylic acids is 1. The van der Waals surface area contributed by atoms with Gasteiger partial charge in [0.1, 0.15) is 5.41 Å². The molecule has 18 heavy (non-hydrogen) atoms. The van der Waals surface area contributed by atoms with Gasteiger partial charge in [0.15, 0.2) is 0 Å². The molecule has 3 rings (SSSR count). The number of nitrogens with one attached hydrogen (secondary N) is 1. The summed E-state index contributed by atoms with van der Waals surface area (Å²) in [5, 5.41) is 13.7. The van der Waals surface area contributed by atoms with E-state index in [0.29, 0.717) is 18.5 Å². The van der Waals surface area contributed by atoms with Crippen LogP contribution in [0, 0.1) is 16.7 Å². The predicted molar refractivity (Wildman–Crippen MR) is 67.7 cm³/mol. The van der Waals surface area contributed by atoms with Crippen molar-refractivity contribution in [3.63, 3.8) is 0 Å². The molecule has 1 aliphatic rings. The van der Waals surface area contributed by atoms with E-state index in [1.54, 1.807) is 12.4 Å². The summed E-state index contributed by atoms with van der Waals surface area (Å²) in [5.41, 5.74) is -0.0863. The standard InChI is InChI=1S/C14H11N3O/c15-9-14(5-6-14)13(18)17-12-3-1-2-10-4-7-16-8-11(10)12/h1-4,7-8H,5-6H2,(H,17,18). The van der Waals surface area contributed by atoms with E-state index in [9.17, 15) is 4.79 Å². The van der Waals surface area contributed by atoms with Crippen molar-refractivity contribution in [1.82, 2.24) is 4.98 Å². The summed E-state index contributed by atoms with van der Waals surface area (Å²) in [6.45, 7) is 0. The molecule has 2 aromatic rings. The third kappa shape index (κ3) is 1.61. The second-order valence-corrected chi connectivity index (χ2v) is 4.55. The number of pyridine rings is 1. The third-order valence-corrected chi connectivity index (χ3v) is 3.33. The molecular formula is C14H11N3O. The normalized spacial score (nSPS) is 15.9. The molecule has 1 aliphatic carbocycles. The monoisotopic (exact) mass is 237 g/mol. The number of aromatic nitrogens is 1. The molecule has 0 saturated heterocycles. The second-order valence-electron chi connectivity index (χ2n) is 4.55. The van der Waals surface area contributed by atoms with Crippen LogP contribution in [0.15, 0.2) is 36.7 Å². The van der Waals surface area contributed by atoms with Gasteiger partial charge in [-0.1, -0.05) is 12.1 Å². The lowest BCUT2D eigenvalue weighted by Crippen LogP contribution is -2.22. The van der Waals surface area contributed by atoms with Crippen LogP contribution in [0.25, 0.3) is 10.8 Å². The van der Waals surface area contributed by atoms with Gasteiger partial charge in [0.05, 0.1) is 11.8 Å². The van der Waals surface area contributed by atoms with E-state index >= 15 is 0 Å². The molecule has 1 heterocycles. The van der Waals surface area contributed by atoms with Crippen LogP contribution in [-0.2, 0) is 4.79 Å². The molecule has 1 aromatic carbocycles. The number of nitrogens with zero attached hydrogens (tertiary/aromatic N) is 2. The minimum atomic E-state index is -0.801. The van der Waals surface area contributed by atoms with Crippen LogP contribution in [0.4, 0.5) is 5.69 Å². The number of carbonyl (C=O) groups is 1. The van der Waals surface area contributed by atoms with Crippen molar-refractivity contribution in [2.75, 3.05) is 5.32 Å². The highest BCUT2D eigenvalue weighted by Gasteiger charge is 2.50. The van der Waals surface area contributed by atoms with Gasteiger partial charge in [-0.3, -0.25) is 9.78 Å². The number of fused-ring (bicyclic) bond motifs is 1. The number of benzene rings is 1. The van der Waals surface area contributed by atoms with Crippen LogP contribution in [0.5, 0.6) is 0 Å². The van der Waals surface area contributed by atoms with Gasteiger partial charge in [-0.15, -0.1) is 0 Å². The zero-order valence-electron chi connectivity index (χ0n) is 9.68. The Hall–Kier alpha value is -2.41. The number of rotatable bonds is 2. The predicted octanol–water partition coefficient (Wildman–Crippen LogP) is 2.48. The highest BCUT2D eigenvalue weighted by molar-refractivity contribution is 6.05. The van der Waals surface area contributed by atoms with Gasteiger partial charge in [0.25, 0.3) is 0 Å². The Balaban J connectivity index is 1.96. The van der Waals surface area contributed by atoms with E-state index in [0.717, 1.165) is 10.8 Å². The largest absolute Gasteiger partial charge is 0.324 e. The molecule has 0 radical (unpaired) electrons. The van der Waals surface area contributed by atoms with Crippen LogP contribution in [0.3, 0.4) is 0 Å². The van der Waals surface area contributed by atoms with Crippen molar-refractivity contribution < 1.29 is 4.79 Å². The first-order valence-corrected chi connectivity index (χ1v) is 5.81. The Morgan fingerprint density at radius 2 is 2.22 bits per heavy atom. The minimum Gasteiger partial charge on any atom is -0.324 e. The van der Waals surface area contributed by atoms with Gasteiger partial charge in [-0.2, -0.15) is 5.26 Å². The van der Waals surface area contributed by atoms with Gasteiger partial charge in [-0.05, 0) is 30.4 Å². The SMILES string of the molecule is N#CC1(C(=O)Nc2cccc3ccncc23)CC1. The lowest BCUT2D eigenvalue weighted by molar-refractivity contribution is -0.119. The maximum atomic E-state index is 12.0. The molecule has 0 aliphatic heterocycles. The van der Waals surface area contributed by atoms with Gasteiger partial charge < -0.3 is 5.32 Å². The molecule has 0 unspecified atom stereocenters. The average Bonchev–Trinajstić information content (AvgIpc) is 3.20. The van der Waals surface area contributed by atoms with Crippen molar-refractivity contribution in [2.24, 2.45) is 5.41 Å². The number of hydrogen-bond acceptors (Lipinski definition) is 3. The zero-order chi connectivity index (χ0) is 12.6. The molecule has 1 saturated carbocycles. The first-order chi connectivity index (χ1) is 8.75. The zero-order valence-corrected chi connectivity index (χ0v) is 9.68. The van der Waals surface area contributed by atoms with E-state index < -0.39 is 5.41 Å². The van der Waals surface area contributed by atoms with E-state index in [1.165, 1.54) is 0 Å². The molecule has 88 valence electrons. The van der Waals surface area contributed by atoms with E-state index in [4.69, 9.17) is 5.26 Å². The quantitative estimate of drug-likeness (QED) is 0.872. The summed E-state index contributed by atoms with van der Waals surface area (Å²) in [5.74, 6) is -0.207. The number of amides is 1. The Morgan fingerprint density at radius 3 is 2.94 bits per heavy atom. The van der Waals surface area contributed by atoms with Crippen LogP contribution >= 0.6 is 0 Å². The molecular weight excluding hydrogens is 226 g/mol. The van der Waals surface area contributed by atoms with Gasteiger partial charge >= 0.3 is 0 Å². The Bertz CT molecular complexity index is 663. The van der Waals surface area contributed by atoms with Crippen LogP contribution in [0.1, 0.15) is 12.8 Å². The van der Waals surface area contributed by atoms with Crippen molar-refractivity contribution >= 4 is 22.4 Å². The smallest absolute Gasteiger partial charge is 0.244 e. The van der Waals surface area contributed by atoms with Crippen LogP contribution in [-0.4, -0.2) is 10.9 Å². The maximum Gasteiger partial charge on any atom is 0.244 e. The molecule has 1 amide bonds. The van der Waals surface area contributed by atoms with E-state index in [-0.39, 0.29) is 5.91 Å². The fraction of sp³-hybridized carbons (Fsp3) is 0.214. The fourth-order valence-corrected chi connectivity index (χ4v) is 1.98. The Kier molecular flexibility index (Phi) is 2.27. The summed E-state index contributed by atoms with van der Waals surface area (Å²) in [6, 6.07) is 9.65. The first kappa shape index (κ1) is 10.7. The van der Waals surface area contributed by atoms with E-state index in [1.807, 2.05) is 24.3 Å². The Morgan fingerprint density at radius 1 is 1.39 bits per heavy atom. The number of anilines is 1. The van der Waals surface area contributed by atoms with Crippen LogP contribution in [0.2, 0.25) is 0 Å². The summed E-state index contributed by atoms with van der Waals surface area (Å²) < 4.78 is 0. The van der Waals surface area contributed by atoms with Gasteiger partial charge in [-0.25, -0.2) is 0 Å². The highest BCUT2D eigenvalue weighted by Crippen LogP contribution is 2.45. The van der Waals surface area contributed by atoms with Crippen molar-refractivity contribution in [2.45, 2.75) is 12.8 Å². The molecule has 4 heteroatoms. The molecule has 4 nitrogen and oxygen atoms in total. The van der Waals surface area contributed by atoms with Crippen LogP contribution < -0.4 is 5.32 Å². The second kappa shape index (κ2) is 3.81. The maximum absolute atomic E-state index is 12.0. The summed E-state index contributed by atoms with van der Waals surface area (Å²) in [7, 11) is 0. The summed E-state index contributed by atoms with van der Waals surface area (Å²) in [6.07, 6.45) is 4.74. The van der Waals surface area contributed by atoms with Crippen molar-refractivity contribution in [3.8, 4) is 6.07 Å². The third-order valence-electron chi connectivity index (χ3n) is 3.33. The van der Waals surface area contributed by atoms with Crippen molar-refractivity contribution in [1.29, 1.82) is 5.26 Å². The first-order valence-electron chi connectivity index (χ1n) is 5.81. The Labute approximate surface area is 104 Å². The average molecular weight is 237 g/mol.